The van der Waals surface area contributed by atoms with Gasteiger partial charge in [0, 0.05) is 16.5 Å². The van der Waals surface area contributed by atoms with Crippen molar-refractivity contribution in [1.82, 2.24) is 15.2 Å². The third-order valence-electron chi connectivity index (χ3n) is 3.83. The summed E-state index contributed by atoms with van der Waals surface area (Å²) in [5.74, 6) is -1.53. The molecule has 2 atom stereocenters. The summed E-state index contributed by atoms with van der Waals surface area (Å²) in [5.41, 5.74) is 0.408. The van der Waals surface area contributed by atoms with E-state index in [1.807, 2.05) is 0 Å². The molecule has 2 aliphatic rings. The number of carboxylic acids is 1. The number of pyridine rings is 1. The smallest absolute Gasteiger partial charge is 0.352 e. The number of carboxylic acid groups (broad SMARTS) is 1. The van der Waals surface area contributed by atoms with Gasteiger partial charge in [-0.25, -0.2) is 9.78 Å². The molecular weight excluding hydrogens is 457 g/mol. The van der Waals surface area contributed by atoms with Gasteiger partial charge >= 0.3 is 5.97 Å². The van der Waals surface area contributed by atoms with Crippen LogP contribution in [0.25, 0.3) is 0 Å². The van der Waals surface area contributed by atoms with E-state index < -0.39 is 23.3 Å². The van der Waals surface area contributed by atoms with Crippen LogP contribution in [0.4, 0.5) is 0 Å². The zero-order valence-corrected chi connectivity index (χ0v) is 17.3. The minimum Gasteiger partial charge on any atom is -0.477 e. The number of aliphatic carboxylic acids is 1. The normalized spacial score (nSPS) is 21.6. The van der Waals surface area contributed by atoms with Crippen molar-refractivity contribution in [3.8, 4) is 0 Å². The number of thioether (sulfide) groups is 2. The van der Waals surface area contributed by atoms with Crippen molar-refractivity contribution in [1.29, 1.82) is 0 Å². The van der Waals surface area contributed by atoms with E-state index >= 15 is 0 Å². The molecule has 2 amide bonds. The van der Waals surface area contributed by atoms with Crippen LogP contribution in [0.1, 0.15) is 0 Å². The van der Waals surface area contributed by atoms with E-state index in [-0.39, 0.29) is 33.5 Å². The van der Waals surface area contributed by atoms with Crippen LogP contribution >= 0.6 is 58.3 Å². The number of aromatic nitrogens is 1. The maximum atomic E-state index is 12.4. The molecule has 0 aliphatic carbocycles. The van der Waals surface area contributed by atoms with Crippen molar-refractivity contribution in [2.45, 2.75) is 16.3 Å². The van der Waals surface area contributed by atoms with Crippen LogP contribution in [0, 0.1) is 0 Å². The van der Waals surface area contributed by atoms with Gasteiger partial charge < -0.3 is 10.4 Å². The first-order valence-corrected chi connectivity index (χ1v) is 10.9. The first-order valence-electron chi connectivity index (χ1n) is 7.53. The topological polar surface area (TPSA) is 99.6 Å². The van der Waals surface area contributed by atoms with Gasteiger partial charge in [-0.05, 0) is 17.7 Å². The highest BCUT2D eigenvalue weighted by Gasteiger charge is 2.53. The van der Waals surface area contributed by atoms with E-state index in [9.17, 15) is 19.5 Å². The van der Waals surface area contributed by atoms with Crippen LogP contribution in [0.2, 0.25) is 10.3 Å². The van der Waals surface area contributed by atoms with E-state index in [4.69, 9.17) is 34.8 Å². The summed E-state index contributed by atoms with van der Waals surface area (Å²) in [6.45, 7) is 0. The van der Waals surface area contributed by atoms with Gasteiger partial charge in [0.2, 0.25) is 5.91 Å². The first kappa shape index (κ1) is 20.6. The van der Waals surface area contributed by atoms with Crippen LogP contribution in [0.3, 0.4) is 0 Å². The first-order chi connectivity index (χ1) is 12.8. The van der Waals surface area contributed by atoms with Crippen LogP contribution < -0.4 is 5.32 Å². The number of nitrogens with zero attached hydrogens (tertiary/aromatic N) is 2. The Hall–Kier alpha value is -1.13. The summed E-state index contributed by atoms with van der Waals surface area (Å²) in [4.78, 5) is 41.7. The van der Waals surface area contributed by atoms with Crippen molar-refractivity contribution >= 4 is 76.1 Å². The monoisotopic (exact) mass is 467 g/mol. The molecule has 0 spiro atoms. The lowest BCUT2D eigenvalue weighted by Crippen LogP contribution is -2.70. The number of alkyl halides is 1. The summed E-state index contributed by atoms with van der Waals surface area (Å²) in [6.07, 6.45) is 0. The summed E-state index contributed by atoms with van der Waals surface area (Å²) in [6, 6.07) is 2.39. The Kier molecular flexibility index (Phi) is 6.47. The number of β-lactam (4-membered cyclic amide) rings is 1. The predicted octanol–water partition coefficient (Wildman–Crippen LogP) is 2.46. The highest BCUT2D eigenvalue weighted by atomic mass is 35.5. The van der Waals surface area contributed by atoms with Crippen molar-refractivity contribution in [2.24, 2.45) is 0 Å². The van der Waals surface area contributed by atoms with Crippen LogP contribution in [-0.4, -0.2) is 61.6 Å². The Morgan fingerprint density at radius 3 is 2.63 bits per heavy atom. The molecule has 3 heterocycles. The zero-order valence-electron chi connectivity index (χ0n) is 13.4. The van der Waals surface area contributed by atoms with E-state index in [1.165, 1.54) is 28.4 Å². The number of rotatable bonds is 6. The average Bonchev–Trinajstić information content (AvgIpc) is 2.62. The number of hydrogen-bond donors (Lipinski definition) is 2. The van der Waals surface area contributed by atoms with Gasteiger partial charge in [-0.15, -0.1) is 35.1 Å². The molecule has 2 N–H and O–H groups in total. The van der Waals surface area contributed by atoms with Gasteiger partial charge in [0.1, 0.15) is 27.4 Å². The molecule has 1 aromatic rings. The second kappa shape index (κ2) is 8.48. The lowest BCUT2D eigenvalue weighted by Gasteiger charge is -2.49. The van der Waals surface area contributed by atoms with Crippen molar-refractivity contribution in [2.75, 3.05) is 17.4 Å². The second-order valence-corrected chi connectivity index (χ2v) is 8.78. The third kappa shape index (κ3) is 4.32. The summed E-state index contributed by atoms with van der Waals surface area (Å²) >= 11 is 20.0. The van der Waals surface area contributed by atoms with E-state index in [1.54, 1.807) is 12.1 Å². The molecule has 0 radical (unpaired) electrons. The summed E-state index contributed by atoms with van der Waals surface area (Å²) in [5, 5.41) is 12.0. The number of carbonyl (C=O) groups is 3. The summed E-state index contributed by atoms with van der Waals surface area (Å²) in [7, 11) is 0. The maximum absolute atomic E-state index is 12.4. The third-order valence-corrected chi connectivity index (χ3v) is 6.86. The molecule has 3 rings (SSSR count). The van der Waals surface area contributed by atoms with Crippen molar-refractivity contribution in [3.05, 3.63) is 33.7 Å². The van der Waals surface area contributed by atoms with Gasteiger partial charge in [0.15, 0.2) is 0 Å². The molecule has 2 aliphatic heterocycles. The molecular formula is C15H12Cl3N3O4S2. The molecule has 1 aromatic heterocycles. The standard InChI is InChI=1S/C15H12Cl3N3O4S2/c16-3-6-4-27-14-11(13(23)21(14)12(6)15(24)25)20-10(22)5-26-7-1-8(17)19-9(18)2-7/h1-2,11,14H,3-5H2,(H,20,22)(H,24,25)/t11-,14-/m1/s1. The number of amides is 2. The molecule has 27 heavy (non-hydrogen) atoms. The Morgan fingerprint density at radius 2 is 2.04 bits per heavy atom. The van der Waals surface area contributed by atoms with Gasteiger partial charge in [-0.2, -0.15) is 0 Å². The SMILES string of the molecule is O=C(CSc1cc(Cl)nc(Cl)c1)N[C@@H]1C(=O)N2C(C(=O)O)=C(CCl)CS[C@H]12. The molecule has 144 valence electrons. The number of carbonyl (C=O) groups excluding carboxylic acids is 2. The van der Waals surface area contributed by atoms with E-state index in [2.05, 4.69) is 10.3 Å². The largest absolute Gasteiger partial charge is 0.477 e. The van der Waals surface area contributed by atoms with Gasteiger partial charge in [0.25, 0.3) is 5.91 Å². The molecule has 1 fully saturated rings. The minimum atomic E-state index is -1.20. The van der Waals surface area contributed by atoms with Gasteiger partial charge in [0.05, 0.1) is 5.75 Å². The number of fused-ring (bicyclic) bond motifs is 1. The fraction of sp³-hybridized carbons (Fsp3) is 0.333. The van der Waals surface area contributed by atoms with Gasteiger partial charge in [-0.3, -0.25) is 14.5 Å². The summed E-state index contributed by atoms with van der Waals surface area (Å²) < 4.78 is 0. The van der Waals surface area contributed by atoms with E-state index in [0.717, 1.165) is 0 Å². The second-order valence-electron chi connectivity index (χ2n) is 5.58. The van der Waals surface area contributed by atoms with Gasteiger partial charge in [-0.1, -0.05) is 23.2 Å². The molecule has 12 heteroatoms. The van der Waals surface area contributed by atoms with Crippen molar-refractivity contribution in [3.63, 3.8) is 0 Å². The Bertz CT molecular complexity index is 831. The van der Waals surface area contributed by atoms with Crippen LogP contribution in [0.5, 0.6) is 0 Å². The van der Waals surface area contributed by atoms with Crippen molar-refractivity contribution < 1.29 is 19.5 Å². The number of halogens is 3. The Morgan fingerprint density at radius 1 is 1.37 bits per heavy atom. The molecule has 0 unspecified atom stereocenters. The molecule has 0 bridgehead atoms. The van der Waals surface area contributed by atoms with Crippen LogP contribution in [-0.2, 0) is 14.4 Å². The van der Waals surface area contributed by atoms with Crippen LogP contribution in [0.15, 0.2) is 28.3 Å². The maximum Gasteiger partial charge on any atom is 0.352 e. The minimum absolute atomic E-state index is 0.0376. The fourth-order valence-corrected chi connectivity index (χ4v) is 5.72. The highest BCUT2D eigenvalue weighted by molar-refractivity contribution is 8.00. The quantitative estimate of drug-likeness (QED) is 0.286. The predicted molar refractivity (Wildman–Crippen MR) is 105 cm³/mol. The molecule has 7 nitrogen and oxygen atoms in total. The Labute approximate surface area is 177 Å². The number of hydrogen-bond acceptors (Lipinski definition) is 6. The lowest BCUT2D eigenvalue weighted by molar-refractivity contribution is -0.150. The molecule has 0 aromatic carbocycles. The Balaban J connectivity index is 1.61. The molecule has 0 saturated carbocycles. The zero-order chi connectivity index (χ0) is 19.7. The average molecular weight is 469 g/mol. The van der Waals surface area contributed by atoms with E-state index in [0.29, 0.717) is 16.2 Å². The number of nitrogens with one attached hydrogen (secondary N) is 1. The highest BCUT2D eigenvalue weighted by Crippen LogP contribution is 2.40. The molecule has 1 saturated heterocycles. The lowest BCUT2D eigenvalue weighted by atomic mass is 10.0. The fourth-order valence-electron chi connectivity index (χ4n) is 2.68.